The van der Waals surface area contributed by atoms with E-state index in [4.69, 9.17) is 5.73 Å². The van der Waals surface area contributed by atoms with Crippen molar-refractivity contribution >= 4 is 10.0 Å². The topological polar surface area (TPSA) is 72.2 Å². The predicted octanol–water partition coefficient (Wildman–Crippen LogP) is 1.67. The monoisotopic (exact) mass is 268 g/mol. The molecule has 100 valence electrons. The smallest absolute Gasteiger partial charge is 0.241 e. The lowest BCUT2D eigenvalue weighted by Gasteiger charge is -2.38. The summed E-state index contributed by atoms with van der Waals surface area (Å²) in [5.74, 6) is 0. The van der Waals surface area contributed by atoms with Crippen LogP contribution in [0.1, 0.15) is 37.3 Å². The Balaban J connectivity index is 2.27. The number of aryl methyl sites for hydroxylation is 1. The van der Waals surface area contributed by atoms with Gasteiger partial charge in [-0.1, -0.05) is 6.07 Å². The van der Waals surface area contributed by atoms with E-state index in [1.807, 2.05) is 13.8 Å². The van der Waals surface area contributed by atoms with E-state index in [1.165, 1.54) is 0 Å². The number of sulfonamides is 1. The molecule has 0 aliphatic heterocycles. The fourth-order valence-corrected chi connectivity index (χ4v) is 3.81. The molecule has 0 radical (unpaired) electrons. The Kier molecular flexibility index (Phi) is 3.49. The van der Waals surface area contributed by atoms with Gasteiger partial charge in [0.1, 0.15) is 0 Å². The quantitative estimate of drug-likeness (QED) is 0.872. The molecule has 2 rings (SSSR count). The SMILES string of the molecule is Cc1cc(S(=O)(=O)NC2(C)CCC2)ccc1CN. The van der Waals surface area contributed by atoms with Crippen LogP contribution >= 0.6 is 0 Å². The number of hydrogen-bond donors (Lipinski definition) is 2. The highest BCUT2D eigenvalue weighted by Crippen LogP contribution is 2.32. The van der Waals surface area contributed by atoms with Crippen molar-refractivity contribution in [3.63, 3.8) is 0 Å². The van der Waals surface area contributed by atoms with Gasteiger partial charge < -0.3 is 5.73 Å². The van der Waals surface area contributed by atoms with Crippen molar-refractivity contribution in [2.75, 3.05) is 0 Å². The number of benzene rings is 1. The van der Waals surface area contributed by atoms with Crippen LogP contribution in [0.5, 0.6) is 0 Å². The Labute approximate surface area is 109 Å². The molecule has 0 unspecified atom stereocenters. The van der Waals surface area contributed by atoms with Crippen molar-refractivity contribution in [2.24, 2.45) is 5.73 Å². The lowest BCUT2D eigenvalue weighted by molar-refractivity contribution is 0.248. The zero-order valence-corrected chi connectivity index (χ0v) is 11.7. The summed E-state index contributed by atoms with van der Waals surface area (Å²) in [4.78, 5) is 0.324. The van der Waals surface area contributed by atoms with Gasteiger partial charge in [-0.05, 0) is 56.4 Å². The van der Waals surface area contributed by atoms with E-state index in [2.05, 4.69) is 4.72 Å². The van der Waals surface area contributed by atoms with Crippen molar-refractivity contribution in [1.82, 2.24) is 4.72 Å². The van der Waals surface area contributed by atoms with E-state index < -0.39 is 10.0 Å². The summed E-state index contributed by atoms with van der Waals surface area (Å²) in [5, 5.41) is 0. The molecule has 0 bridgehead atoms. The third-order valence-corrected chi connectivity index (χ3v) is 5.32. The van der Waals surface area contributed by atoms with Gasteiger partial charge in [0.15, 0.2) is 0 Å². The summed E-state index contributed by atoms with van der Waals surface area (Å²) in [6.07, 6.45) is 2.91. The van der Waals surface area contributed by atoms with Crippen molar-refractivity contribution in [2.45, 2.75) is 50.1 Å². The second-order valence-electron chi connectivity index (χ2n) is 5.31. The molecule has 5 heteroatoms. The maximum absolute atomic E-state index is 12.3. The molecule has 1 saturated carbocycles. The average Bonchev–Trinajstić information content (AvgIpc) is 2.26. The minimum absolute atomic E-state index is 0.265. The van der Waals surface area contributed by atoms with Crippen LogP contribution in [0.2, 0.25) is 0 Å². The van der Waals surface area contributed by atoms with Crippen LogP contribution in [0.25, 0.3) is 0 Å². The number of rotatable bonds is 4. The zero-order valence-electron chi connectivity index (χ0n) is 10.9. The molecule has 1 fully saturated rings. The molecular weight excluding hydrogens is 248 g/mol. The fourth-order valence-electron chi connectivity index (χ4n) is 2.26. The van der Waals surface area contributed by atoms with Crippen LogP contribution in [-0.2, 0) is 16.6 Å². The molecule has 1 aliphatic carbocycles. The molecule has 1 aliphatic rings. The third kappa shape index (κ3) is 2.58. The Hall–Kier alpha value is -0.910. The molecule has 0 amide bonds. The second kappa shape index (κ2) is 4.64. The molecule has 0 aromatic heterocycles. The fraction of sp³-hybridized carbons (Fsp3) is 0.538. The van der Waals surface area contributed by atoms with Crippen LogP contribution in [0.3, 0.4) is 0 Å². The maximum atomic E-state index is 12.3. The highest BCUT2D eigenvalue weighted by atomic mass is 32.2. The van der Waals surface area contributed by atoms with Gasteiger partial charge in [0.05, 0.1) is 4.90 Å². The van der Waals surface area contributed by atoms with Crippen LogP contribution in [-0.4, -0.2) is 14.0 Å². The Morgan fingerprint density at radius 2 is 2.06 bits per heavy atom. The largest absolute Gasteiger partial charge is 0.326 e. The van der Waals surface area contributed by atoms with E-state index in [0.29, 0.717) is 11.4 Å². The van der Waals surface area contributed by atoms with Gasteiger partial charge in [-0.25, -0.2) is 13.1 Å². The summed E-state index contributed by atoms with van der Waals surface area (Å²) >= 11 is 0. The van der Waals surface area contributed by atoms with Gasteiger partial charge in [-0.15, -0.1) is 0 Å². The van der Waals surface area contributed by atoms with Crippen molar-refractivity contribution in [1.29, 1.82) is 0 Å². The molecule has 18 heavy (non-hydrogen) atoms. The summed E-state index contributed by atoms with van der Waals surface area (Å²) in [6, 6.07) is 5.10. The van der Waals surface area contributed by atoms with Crippen molar-refractivity contribution < 1.29 is 8.42 Å². The lowest BCUT2D eigenvalue weighted by atomic mass is 9.80. The molecule has 0 atom stereocenters. The first-order valence-electron chi connectivity index (χ1n) is 6.20. The second-order valence-corrected chi connectivity index (χ2v) is 6.99. The summed E-state index contributed by atoms with van der Waals surface area (Å²) < 4.78 is 27.3. The molecule has 4 nitrogen and oxygen atoms in total. The normalized spacial score (nSPS) is 18.4. The van der Waals surface area contributed by atoms with Crippen molar-refractivity contribution in [3.8, 4) is 0 Å². The van der Waals surface area contributed by atoms with Crippen LogP contribution in [0, 0.1) is 6.92 Å². The number of nitrogens with one attached hydrogen (secondary N) is 1. The van der Waals surface area contributed by atoms with E-state index >= 15 is 0 Å². The van der Waals surface area contributed by atoms with Crippen LogP contribution in [0.4, 0.5) is 0 Å². The minimum atomic E-state index is -3.42. The van der Waals surface area contributed by atoms with E-state index in [0.717, 1.165) is 30.4 Å². The van der Waals surface area contributed by atoms with Gasteiger partial charge in [0.25, 0.3) is 0 Å². The number of nitrogens with two attached hydrogens (primary N) is 1. The Bertz CT molecular complexity index is 548. The van der Waals surface area contributed by atoms with Gasteiger partial charge in [0, 0.05) is 12.1 Å². The summed E-state index contributed by atoms with van der Waals surface area (Å²) in [6.45, 7) is 4.26. The molecule has 3 N–H and O–H groups in total. The lowest BCUT2D eigenvalue weighted by Crippen LogP contribution is -2.50. The summed E-state index contributed by atoms with van der Waals surface area (Å²) in [7, 11) is -3.42. The van der Waals surface area contributed by atoms with Crippen LogP contribution < -0.4 is 10.5 Å². The molecule has 1 aromatic carbocycles. The Morgan fingerprint density at radius 3 is 2.50 bits per heavy atom. The zero-order chi connectivity index (χ0) is 13.4. The molecular formula is C13H20N2O2S. The third-order valence-electron chi connectivity index (χ3n) is 3.68. The van der Waals surface area contributed by atoms with Gasteiger partial charge in [-0.2, -0.15) is 0 Å². The molecule has 0 spiro atoms. The maximum Gasteiger partial charge on any atom is 0.241 e. The van der Waals surface area contributed by atoms with E-state index in [1.54, 1.807) is 18.2 Å². The first kappa shape index (κ1) is 13.5. The highest BCUT2D eigenvalue weighted by Gasteiger charge is 2.36. The first-order chi connectivity index (χ1) is 8.36. The number of hydrogen-bond acceptors (Lipinski definition) is 3. The highest BCUT2D eigenvalue weighted by molar-refractivity contribution is 7.89. The first-order valence-corrected chi connectivity index (χ1v) is 7.68. The predicted molar refractivity (Wildman–Crippen MR) is 71.6 cm³/mol. The summed E-state index contributed by atoms with van der Waals surface area (Å²) in [5.41, 5.74) is 7.20. The van der Waals surface area contributed by atoms with E-state index in [9.17, 15) is 8.42 Å². The van der Waals surface area contributed by atoms with E-state index in [-0.39, 0.29) is 5.54 Å². The molecule has 0 saturated heterocycles. The van der Waals surface area contributed by atoms with Crippen LogP contribution in [0.15, 0.2) is 23.1 Å². The Morgan fingerprint density at radius 1 is 1.39 bits per heavy atom. The standard InChI is InChI=1S/C13H20N2O2S/c1-10-8-12(5-4-11(10)9-14)18(16,17)15-13(2)6-3-7-13/h4-5,8,15H,3,6-7,9,14H2,1-2H3. The van der Waals surface area contributed by atoms with Gasteiger partial charge >= 0.3 is 0 Å². The van der Waals surface area contributed by atoms with Gasteiger partial charge in [-0.3, -0.25) is 0 Å². The molecule has 1 aromatic rings. The van der Waals surface area contributed by atoms with Gasteiger partial charge in [0.2, 0.25) is 10.0 Å². The van der Waals surface area contributed by atoms with Crippen molar-refractivity contribution in [3.05, 3.63) is 29.3 Å². The molecule has 0 heterocycles. The minimum Gasteiger partial charge on any atom is -0.326 e. The average molecular weight is 268 g/mol.